The number of hydrogen-bond acceptors (Lipinski definition) is 2. The molecule has 2 amide bonds. The van der Waals surface area contributed by atoms with Gasteiger partial charge >= 0.3 is 6.03 Å². The van der Waals surface area contributed by atoms with Gasteiger partial charge in [0.1, 0.15) is 0 Å². The molecule has 0 atom stereocenters. The Morgan fingerprint density at radius 3 is 2.45 bits per heavy atom. The van der Waals surface area contributed by atoms with Crippen LogP contribution in [0.15, 0.2) is 48.5 Å². The van der Waals surface area contributed by atoms with Gasteiger partial charge in [-0.1, -0.05) is 30.7 Å². The first kappa shape index (κ1) is 16.0. The predicted molar refractivity (Wildman–Crippen MR) is 88.6 cm³/mol. The highest BCUT2D eigenvalue weighted by molar-refractivity contribution is 6.30. The molecule has 0 saturated carbocycles. The number of hydrogen-bond donors (Lipinski definition) is 2. The summed E-state index contributed by atoms with van der Waals surface area (Å²) in [6.07, 6.45) is 0.864. The molecule has 0 heterocycles. The number of urea groups is 1. The van der Waals surface area contributed by atoms with Crippen LogP contribution in [0.25, 0.3) is 0 Å². The van der Waals surface area contributed by atoms with Gasteiger partial charge < -0.3 is 10.6 Å². The van der Waals surface area contributed by atoms with E-state index in [2.05, 4.69) is 10.6 Å². The Morgan fingerprint density at radius 2 is 1.77 bits per heavy atom. The normalized spacial score (nSPS) is 10.1. The zero-order valence-corrected chi connectivity index (χ0v) is 13.0. The molecule has 0 aliphatic carbocycles. The number of rotatable bonds is 5. The maximum atomic E-state index is 12.4. The number of amides is 2. The first-order valence-corrected chi connectivity index (χ1v) is 7.43. The van der Waals surface area contributed by atoms with Gasteiger partial charge in [-0.3, -0.25) is 4.79 Å². The molecule has 0 spiro atoms. The Labute approximate surface area is 134 Å². The molecule has 0 aliphatic heterocycles. The third-order valence-electron chi connectivity index (χ3n) is 3.02. The lowest BCUT2D eigenvalue weighted by molar-refractivity contribution is 0.103. The minimum Gasteiger partial charge on any atom is -0.338 e. The Morgan fingerprint density at radius 1 is 1.05 bits per heavy atom. The summed E-state index contributed by atoms with van der Waals surface area (Å²) in [5.74, 6) is -0.116. The van der Waals surface area contributed by atoms with E-state index in [1.807, 2.05) is 6.92 Å². The van der Waals surface area contributed by atoms with E-state index >= 15 is 0 Å². The Hall–Kier alpha value is -2.33. The molecule has 0 aromatic heterocycles. The van der Waals surface area contributed by atoms with E-state index in [-0.39, 0.29) is 11.8 Å². The molecule has 2 aromatic carbocycles. The van der Waals surface area contributed by atoms with Crippen molar-refractivity contribution in [2.24, 2.45) is 0 Å². The average Bonchev–Trinajstić information content (AvgIpc) is 2.53. The summed E-state index contributed by atoms with van der Waals surface area (Å²) in [4.78, 5) is 24.0. The number of carbonyl (C=O) groups is 2. The summed E-state index contributed by atoms with van der Waals surface area (Å²) >= 11 is 5.82. The maximum absolute atomic E-state index is 12.4. The fourth-order valence-electron chi connectivity index (χ4n) is 1.92. The lowest BCUT2D eigenvalue weighted by Gasteiger charge is -2.08. The second-order valence-electron chi connectivity index (χ2n) is 4.80. The molecule has 0 bridgehead atoms. The summed E-state index contributed by atoms with van der Waals surface area (Å²) < 4.78 is 0. The summed E-state index contributed by atoms with van der Waals surface area (Å²) in [6.45, 7) is 2.58. The van der Waals surface area contributed by atoms with E-state index in [1.54, 1.807) is 48.5 Å². The molecule has 2 aromatic rings. The molecule has 0 radical (unpaired) electrons. The van der Waals surface area contributed by atoms with Crippen molar-refractivity contribution < 1.29 is 9.59 Å². The van der Waals surface area contributed by atoms with Gasteiger partial charge in [0.2, 0.25) is 0 Å². The highest BCUT2D eigenvalue weighted by atomic mass is 35.5. The van der Waals surface area contributed by atoms with E-state index in [9.17, 15) is 9.59 Å². The van der Waals surface area contributed by atoms with Crippen LogP contribution in [0.2, 0.25) is 5.02 Å². The van der Waals surface area contributed by atoms with Gasteiger partial charge in [-0.25, -0.2) is 4.79 Å². The smallest absolute Gasteiger partial charge is 0.319 e. The first-order valence-electron chi connectivity index (χ1n) is 7.05. The third-order valence-corrected chi connectivity index (χ3v) is 3.28. The highest BCUT2D eigenvalue weighted by Gasteiger charge is 2.10. The Balaban J connectivity index is 2.12. The van der Waals surface area contributed by atoms with Crippen LogP contribution in [0.4, 0.5) is 10.5 Å². The Bertz CT molecular complexity index is 669. The summed E-state index contributed by atoms with van der Waals surface area (Å²) in [7, 11) is 0. The zero-order chi connectivity index (χ0) is 15.9. The van der Waals surface area contributed by atoms with Crippen LogP contribution >= 0.6 is 11.6 Å². The van der Waals surface area contributed by atoms with Crippen molar-refractivity contribution >= 4 is 29.1 Å². The van der Waals surface area contributed by atoms with Crippen LogP contribution in [0.1, 0.15) is 29.3 Å². The molecular formula is C17H17ClN2O2. The molecule has 5 heteroatoms. The van der Waals surface area contributed by atoms with Crippen molar-refractivity contribution in [1.82, 2.24) is 5.32 Å². The number of ketones is 1. The number of nitrogens with one attached hydrogen (secondary N) is 2. The van der Waals surface area contributed by atoms with Crippen LogP contribution < -0.4 is 10.6 Å². The molecule has 4 nitrogen and oxygen atoms in total. The van der Waals surface area contributed by atoms with Crippen LogP contribution in [0.5, 0.6) is 0 Å². The molecule has 2 N–H and O–H groups in total. The van der Waals surface area contributed by atoms with Crippen LogP contribution in [0.3, 0.4) is 0 Å². The number of carbonyl (C=O) groups excluding carboxylic acids is 2. The van der Waals surface area contributed by atoms with Crippen molar-refractivity contribution in [3.63, 3.8) is 0 Å². The number of halogens is 1. The summed E-state index contributed by atoms with van der Waals surface area (Å²) in [5.41, 5.74) is 1.64. The van der Waals surface area contributed by atoms with Gasteiger partial charge in [-0.2, -0.15) is 0 Å². The van der Waals surface area contributed by atoms with Gasteiger partial charge in [0, 0.05) is 28.4 Å². The van der Waals surface area contributed by atoms with Crippen LogP contribution in [-0.2, 0) is 0 Å². The molecule has 0 fully saturated rings. The van der Waals surface area contributed by atoms with Gasteiger partial charge in [0.05, 0.1) is 0 Å². The minimum atomic E-state index is -0.280. The second kappa shape index (κ2) is 7.61. The van der Waals surface area contributed by atoms with E-state index in [1.165, 1.54) is 0 Å². The SMILES string of the molecule is CCCNC(=O)Nc1cccc(C(=O)c2ccc(Cl)cc2)c1. The highest BCUT2D eigenvalue weighted by Crippen LogP contribution is 2.17. The lowest BCUT2D eigenvalue weighted by atomic mass is 10.0. The van der Waals surface area contributed by atoms with Crippen molar-refractivity contribution in [1.29, 1.82) is 0 Å². The van der Waals surface area contributed by atoms with Gasteiger partial charge in [-0.15, -0.1) is 0 Å². The molecule has 0 unspecified atom stereocenters. The number of anilines is 1. The topological polar surface area (TPSA) is 58.2 Å². The van der Waals surface area contributed by atoms with E-state index in [0.717, 1.165) is 6.42 Å². The largest absolute Gasteiger partial charge is 0.338 e. The molecular weight excluding hydrogens is 300 g/mol. The Kier molecular flexibility index (Phi) is 5.55. The average molecular weight is 317 g/mol. The summed E-state index contributed by atoms with van der Waals surface area (Å²) in [6, 6.07) is 13.3. The van der Waals surface area contributed by atoms with Crippen molar-refractivity contribution in [2.75, 3.05) is 11.9 Å². The fourth-order valence-corrected chi connectivity index (χ4v) is 2.05. The van der Waals surface area contributed by atoms with E-state index in [4.69, 9.17) is 11.6 Å². The van der Waals surface area contributed by atoms with Crippen molar-refractivity contribution in [3.8, 4) is 0 Å². The summed E-state index contributed by atoms with van der Waals surface area (Å²) in [5, 5.41) is 6.01. The van der Waals surface area contributed by atoms with Gasteiger partial charge in [0.15, 0.2) is 5.78 Å². The maximum Gasteiger partial charge on any atom is 0.319 e. The van der Waals surface area contributed by atoms with Crippen molar-refractivity contribution in [2.45, 2.75) is 13.3 Å². The second-order valence-corrected chi connectivity index (χ2v) is 5.23. The minimum absolute atomic E-state index is 0.116. The van der Waals surface area contributed by atoms with Crippen LogP contribution in [0, 0.1) is 0 Å². The van der Waals surface area contributed by atoms with Crippen molar-refractivity contribution in [3.05, 3.63) is 64.7 Å². The van der Waals surface area contributed by atoms with Gasteiger partial charge in [0.25, 0.3) is 0 Å². The molecule has 2 rings (SSSR count). The fraction of sp³-hybridized carbons (Fsp3) is 0.176. The molecule has 0 saturated heterocycles. The third kappa shape index (κ3) is 4.33. The van der Waals surface area contributed by atoms with Gasteiger partial charge in [-0.05, 0) is 42.8 Å². The zero-order valence-electron chi connectivity index (χ0n) is 12.2. The predicted octanol–water partition coefficient (Wildman–Crippen LogP) is 4.10. The quantitative estimate of drug-likeness (QED) is 0.816. The standard InChI is InChI=1S/C17H17ClN2O2/c1-2-10-19-17(22)20-15-5-3-4-13(11-15)16(21)12-6-8-14(18)9-7-12/h3-9,11H,2,10H2,1H3,(H2,19,20,22). The lowest BCUT2D eigenvalue weighted by Crippen LogP contribution is -2.29. The van der Waals surface area contributed by atoms with E-state index < -0.39 is 0 Å². The van der Waals surface area contributed by atoms with Crippen LogP contribution in [-0.4, -0.2) is 18.4 Å². The van der Waals surface area contributed by atoms with E-state index in [0.29, 0.717) is 28.4 Å². The number of benzene rings is 2. The first-order chi connectivity index (χ1) is 10.6. The molecule has 114 valence electrons. The monoisotopic (exact) mass is 316 g/mol. The molecule has 0 aliphatic rings. The molecule has 22 heavy (non-hydrogen) atoms.